The van der Waals surface area contributed by atoms with Crippen LogP contribution in [0, 0.1) is 6.92 Å². The quantitative estimate of drug-likeness (QED) is 0.793. The molecule has 2 rings (SSSR count). The van der Waals surface area contributed by atoms with Gasteiger partial charge >= 0.3 is 5.97 Å². The number of ether oxygens (including phenoxy) is 1. The molecule has 5 heteroatoms. The third kappa shape index (κ3) is 4.83. The van der Waals surface area contributed by atoms with Crippen LogP contribution in [0.25, 0.3) is 0 Å². The normalized spacial score (nSPS) is 11.6. The Labute approximate surface area is 146 Å². The Morgan fingerprint density at radius 2 is 1.88 bits per heavy atom. The van der Waals surface area contributed by atoms with Crippen LogP contribution in [0.4, 0.5) is 5.69 Å². The highest BCUT2D eigenvalue weighted by Crippen LogP contribution is 2.23. The molecule has 0 fully saturated rings. The van der Waals surface area contributed by atoms with Gasteiger partial charge in [0, 0.05) is 0 Å². The van der Waals surface area contributed by atoms with E-state index in [1.807, 2.05) is 50.2 Å². The number of halogens is 1. The molecule has 0 aromatic heterocycles. The molecule has 1 unspecified atom stereocenters. The van der Waals surface area contributed by atoms with Gasteiger partial charge in [-0.25, -0.2) is 0 Å². The number of aryl methyl sites for hydroxylation is 1. The second-order valence-electron chi connectivity index (χ2n) is 5.51. The van der Waals surface area contributed by atoms with Gasteiger partial charge in [-0.1, -0.05) is 54.9 Å². The zero-order valence-corrected chi connectivity index (χ0v) is 14.5. The van der Waals surface area contributed by atoms with Crippen molar-refractivity contribution >= 4 is 29.2 Å². The molecular formula is C19H20ClNO3. The maximum Gasteiger partial charge on any atom is 0.313 e. The van der Waals surface area contributed by atoms with E-state index in [2.05, 4.69) is 5.32 Å². The third-order valence-corrected chi connectivity index (χ3v) is 3.95. The fourth-order valence-electron chi connectivity index (χ4n) is 2.37. The van der Waals surface area contributed by atoms with E-state index in [0.717, 1.165) is 11.1 Å². The van der Waals surface area contributed by atoms with Crippen LogP contribution in [-0.2, 0) is 14.3 Å². The first-order chi connectivity index (χ1) is 11.5. The van der Waals surface area contributed by atoms with Gasteiger partial charge in [0.05, 0.1) is 16.6 Å². The van der Waals surface area contributed by atoms with Gasteiger partial charge in [0.1, 0.15) is 0 Å². The highest BCUT2D eigenvalue weighted by Gasteiger charge is 2.21. The first-order valence-corrected chi connectivity index (χ1v) is 8.16. The van der Waals surface area contributed by atoms with E-state index in [4.69, 9.17) is 16.3 Å². The third-order valence-electron chi connectivity index (χ3n) is 3.64. The van der Waals surface area contributed by atoms with Crippen LogP contribution >= 0.6 is 11.6 Å². The Balaban J connectivity index is 1.92. The molecule has 2 aromatic carbocycles. The number of rotatable bonds is 6. The maximum atomic E-state index is 12.2. The molecule has 0 bridgehead atoms. The monoisotopic (exact) mass is 345 g/mol. The number of carbonyl (C=O) groups is 2. The first-order valence-electron chi connectivity index (χ1n) is 7.79. The topological polar surface area (TPSA) is 55.4 Å². The van der Waals surface area contributed by atoms with Crippen LogP contribution in [0.1, 0.15) is 30.4 Å². The summed E-state index contributed by atoms with van der Waals surface area (Å²) in [6.45, 7) is 3.48. The summed E-state index contributed by atoms with van der Waals surface area (Å²) < 4.78 is 5.15. The average Bonchev–Trinajstić information content (AvgIpc) is 2.57. The predicted octanol–water partition coefficient (Wildman–Crippen LogP) is 4.32. The molecule has 1 N–H and O–H groups in total. The van der Waals surface area contributed by atoms with Crippen molar-refractivity contribution in [1.29, 1.82) is 0 Å². The van der Waals surface area contributed by atoms with Gasteiger partial charge in [-0.05, 0) is 36.6 Å². The second-order valence-corrected chi connectivity index (χ2v) is 5.92. The van der Waals surface area contributed by atoms with Crippen LogP contribution in [0.5, 0.6) is 0 Å². The van der Waals surface area contributed by atoms with Gasteiger partial charge in [-0.3, -0.25) is 9.59 Å². The summed E-state index contributed by atoms with van der Waals surface area (Å²) in [6, 6.07) is 14.7. The lowest BCUT2D eigenvalue weighted by Gasteiger charge is -2.14. The number of benzene rings is 2. The summed E-state index contributed by atoms with van der Waals surface area (Å²) in [5.41, 5.74) is 2.38. The first kappa shape index (κ1) is 18.0. The van der Waals surface area contributed by atoms with Crippen molar-refractivity contribution in [2.45, 2.75) is 26.2 Å². The van der Waals surface area contributed by atoms with E-state index in [1.54, 1.807) is 12.1 Å². The van der Waals surface area contributed by atoms with Crippen LogP contribution < -0.4 is 5.32 Å². The Bertz CT molecular complexity index is 716. The van der Waals surface area contributed by atoms with Gasteiger partial charge in [-0.15, -0.1) is 0 Å². The van der Waals surface area contributed by atoms with Crippen molar-refractivity contribution < 1.29 is 14.3 Å². The van der Waals surface area contributed by atoms with Crippen molar-refractivity contribution in [3.8, 4) is 0 Å². The molecule has 0 saturated heterocycles. The van der Waals surface area contributed by atoms with Gasteiger partial charge in [-0.2, -0.15) is 0 Å². The Morgan fingerprint density at radius 3 is 2.50 bits per heavy atom. The van der Waals surface area contributed by atoms with E-state index >= 15 is 0 Å². The lowest BCUT2D eigenvalue weighted by atomic mass is 9.97. The number of hydrogen-bond acceptors (Lipinski definition) is 3. The van der Waals surface area contributed by atoms with Crippen LogP contribution in [0.3, 0.4) is 0 Å². The molecule has 1 amide bonds. The highest BCUT2D eigenvalue weighted by molar-refractivity contribution is 6.33. The molecular weight excluding hydrogens is 326 g/mol. The van der Waals surface area contributed by atoms with Gasteiger partial charge in [0.25, 0.3) is 5.91 Å². The fourth-order valence-corrected chi connectivity index (χ4v) is 2.65. The lowest BCUT2D eigenvalue weighted by molar-refractivity contribution is -0.149. The van der Waals surface area contributed by atoms with E-state index in [9.17, 15) is 9.59 Å². The maximum absolute atomic E-state index is 12.2. The molecule has 2 aromatic rings. The summed E-state index contributed by atoms with van der Waals surface area (Å²) in [7, 11) is 0. The van der Waals surface area contributed by atoms with E-state index in [-0.39, 0.29) is 12.5 Å². The van der Waals surface area contributed by atoms with E-state index in [1.165, 1.54) is 0 Å². The lowest BCUT2D eigenvalue weighted by Crippen LogP contribution is -2.24. The molecule has 0 heterocycles. The summed E-state index contributed by atoms with van der Waals surface area (Å²) in [4.78, 5) is 24.2. The minimum Gasteiger partial charge on any atom is -0.455 e. The van der Waals surface area contributed by atoms with Crippen LogP contribution in [0.15, 0.2) is 48.5 Å². The standard InChI is InChI=1S/C19H20ClNO3/c1-3-15(14-7-5-4-6-8-14)19(23)24-12-18(22)21-17-10-9-13(2)11-16(17)20/h4-11,15H,3,12H2,1-2H3,(H,21,22). The number of nitrogens with one attached hydrogen (secondary N) is 1. The van der Waals surface area contributed by atoms with Gasteiger partial charge in [0.2, 0.25) is 0 Å². The van der Waals surface area contributed by atoms with Crippen molar-refractivity contribution in [3.05, 3.63) is 64.7 Å². The molecule has 24 heavy (non-hydrogen) atoms. The molecule has 0 aliphatic rings. The summed E-state index contributed by atoms with van der Waals surface area (Å²) in [5, 5.41) is 3.09. The number of esters is 1. The Kier molecular flexibility index (Phi) is 6.38. The summed E-state index contributed by atoms with van der Waals surface area (Å²) >= 11 is 6.07. The Hall–Kier alpha value is -2.33. The van der Waals surface area contributed by atoms with Crippen molar-refractivity contribution in [3.63, 3.8) is 0 Å². The molecule has 1 atom stereocenters. The minimum atomic E-state index is -0.419. The van der Waals surface area contributed by atoms with E-state index < -0.39 is 11.9 Å². The minimum absolute atomic E-state index is 0.341. The van der Waals surface area contributed by atoms with Crippen LogP contribution in [0.2, 0.25) is 5.02 Å². The molecule has 0 aliphatic heterocycles. The molecule has 126 valence electrons. The van der Waals surface area contributed by atoms with Crippen molar-refractivity contribution in [1.82, 2.24) is 0 Å². The number of anilines is 1. The summed E-state index contributed by atoms with van der Waals surface area (Å²) in [5.74, 6) is -1.20. The molecule has 0 aliphatic carbocycles. The molecule has 0 saturated carbocycles. The number of hydrogen-bond donors (Lipinski definition) is 1. The molecule has 4 nitrogen and oxygen atoms in total. The largest absolute Gasteiger partial charge is 0.455 e. The highest BCUT2D eigenvalue weighted by atomic mass is 35.5. The predicted molar refractivity (Wildman–Crippen MR) is 95.3 cm³/mol. The second kappa shape index (κ2) is 8.50. The smallest absolute Gasteiger partial charge is 0.313 e. The van der Waals surface area contributed by atoms with Crippen LogP contribution in [-0.4, -0.2) is 18.5 Å². The van der Waals surface area contributed by atoms with E-state index in [0.29, 0.717) is 17.1 Å². The zero-order chi connectivity index (χ0) is 17.5. The molecule has 0 spiro atoms. The zero-order valence-electron chi connectivity index (χ0n) is 13.7. The van der Waals surface area contributed by atoms with Crippen molar-refractivity contribution in [2.75, 3.05) is 11.9 Å². The number of amides is 1. The van der Waals surface area contributed by atoms with Gasteiger partial charge in [0.15, 0.2) is 6.61 Å². The number of carbonyl (C=O) groups excluding carboxylic acids is 2. The Morgan fingerprint density at radius 1 is 1.17 bits per heavy atom. The van der Waals surface area contributed by atoms with Gasteiger partial charge < -0.3 is 10.1 Å². The SMILES string of the molecule is CCC(C(=O)OCC(=O)Nc1ccc(C)cc1Cl)c1ccccc1. The summed E-state index contributed by atoms with van der Waals surface area (Å²) in [6.07, 6.45) is 0.605. The average molecular weight is 346 g/mol. The fraction of sp³-hybridized carbons (Fsp3) is 0.263. The van der Waals surface area contributed by atoms with Crippen molar-refractivity contribution in [2.24, 2.45) is 0 Å². The molecule has 0 radical (unpaired) electrons.